The second-order valence-electron chi connectivity index (χ2n) is 5.09. The van der Waals surface area contributed by atoms with Gasteiger partial charge in [-0.25, -0.2) is 13.8 Å². The predicted molar refractivity (Wildman–Crippen MR) is 106 cm³/mol. The molecule has 1 amide bonds. The molecule has 0 unspecified atom stereocenters. The van der Waals surface area contributed by atoms with Crippen molar-refractivity contribution >= 4 is 59.7 Å². The molecule has 0 aliphatic heterocycles. The molecular formula is C16H15Br2N3O3S. The van der Waals surface area contributed by atoms with Crippen LogP contribution in [0.4, 0.5) is 5.69 Å². The zero-order valence-corrected chi connectivity index (χ0v) is 17.2. The minimum absolute atomic E-state index is 0.365. The molecule has 0 aromatic heterocycles. The SMILES string of the molecule is CS(=O)(=O)N(CC(=O)N/N=C\c1cccc(Br)c1)c1ccc(Br)cc1. The maximum absolute atomic E-state index is 12.0. The minimum atomic E-state index is -3.61. The Morgan fingerprint density at radius 1 is 1.16 bits per heavy atom. The molecule has 0 spiro atoms. The lowest BCUT2D eigenvalue weighted by Gasteiger charge is -2.21. The highest BCUT2D eigenvalue weighted by molar-refractivity contribution is 9.10. The molecule has 1 N–H and O–H groups in total. The number of nitrogens with one attached hydrogen (secondary N) is 1. The summed E-state index contributed by atoms with van der Waals surface area (Å²) in [7, 11) is -3.61. The molecule has 0 radical (unpaired) electrons. The largest absolute Gasteiger partial charge is 0.271 e. The number of hydrogen-bond donors (Lipinski definition) is 1. The molecule has 2 aromatic carbocycles. The number of benzene rings is 2. The van der Waals surface area contributed by atoms with Crippen molar-refractivity contribution < 1.29 is 13.2 Å². The molecule has 0 aliphatic rings. The van der Waals surface area contributed by atoms with Gasteiger partial charge < -0.3 is 0 Å². The van der Waals surface area contributed by atoms with Crippen molar-refractivity contribution in [3.8, 4) is 0 Å². The summed E-state index contributed by atoms with van der Waals surface area (Å²) in [5.74, 6) is -0.542. The number of carbonyl (C=O) groups is 1. The van der Waals surface area contributed by atoms with Crippen molar-refractivity contribution in [1.82, 2.24) is 5.43 Å². The molecule has 0 fully saturated rings. The van der Waals surface area contributed by atoms with E-state index in [1.54, 1.807) is 24.3 Å². The van der Waals surface area contributed by atoms with Crippen LogP contribution in [0.2, 0.25) is 0 Å². The molecule has 0 saturated heterocycles. The van der Waals surface area contributed by atoms with Gasteiger partial charge >= 0.3 is 0 Å². The van der Waals surface area contributed by atoms with E-state index >= 15 is 0 Å². The summed E-state index contributed by atoms with van der Waals surface area (Å²) in [5.41, 5.74) is 3.53. The third kappa shape index (κ3) is 6.26. The average Bonchev–Trinajstić information content (AvgIpc) is 2.53. The molecular weight excluding hydrogens is 474 g/mol. The van der Waals surface area contributed by atoms with E-state index < -0.39 is 15.9 Å². The van der Waals surface area contributed by atoms with E-state index in [1.807, 2.05) is 24.3 Å². The quantitative estimate of drug-likeness (QED) is 0.501. The number of hydrazone groups is 1. The Morgan fingerprint density at radius 3 is 2.44 bits per heavy atom. The summed E-state index contributed by atoms with van der Waals surface area (Å²) in [6.07, 6.45) is 2.53. The summed E-state index contributed by atoms with van der Waals surface area (Å²) in [5, 5.41) is 3.85. The van der Waals surface area contributed by atoms with Crippen LogP contribution in [0, 0.1) is 0 Å². The zero-order chi connectivity index (χ0) is 18.4. The molecule has 9 heteroatoms. The normalized spacial score (nSPS) is 11.5. The van der Waals surface area contributed by atoms with Crippen LogP contribution < -0.4 is 9.73 Å². The van der Waals surface area contributed by atoms with Gasteiger partial charge in [0.1, 0.15) is 6.54 Å². The number of sulfonamides is 1. The van der Waals surface area contributed by atoms with Gasteiger partial charge in [0.2, 0.25) is 10.0 Å². The summed E-state index contributed by atoms with van der Waals surface area (Å²) >= 11 is 6.63. The highest BCUT2D eigenvalue weighted by atomic mass is 79.9. The molecule has 0 heterocycles. The Balaban J connectivity index is 2.06. The maximum atomic E-state index is 12.0. The van der Waals surface area contributed by atoms with E-state index in [2.05, 4.69) is 42.4 Å². The van der Waals surface area contributed by atoms with E-state index in [1.165, 1.54) is 6.21 Å². The van der Waals surface area contributed by atoms with E-state index in [9.17, 15) is 13.2 Å². The first-order valence-electron chi connectivity index (χ1n) is 7.06. The Labute approximate surface area is 163 Å². The van der Waals surface area contributed by atoms with Gasteiger partial charge in [-0.05, 0) is 42.0 Å². The van der Waals surface area contributed by atoms with Crippen molar-refractivity contribution in [2.75, 3.05) is 17.1 Å². The van der Waals surface area contributed by atoms with Gasteiger partial charge in [0.05, 0.1) is 18.2 Å². The molecule has 132 valence electrons. The van der Waals surface area contributed by atoms with Crippen molar-refractivity contribution in [3.63, 3.8) is 0 Å². The minimum Gasteiger partial charge on any atom is -0.271 e. The Bertz CT molecular complexity index is 884. The van der Waals surface area contributed by atoms with Gasteiger partial charge in [-0.2, -0.15) is 5.10 Å². The average molecular weight is 489 g/mol. The first-order valence-corrected chi connectivity index (χ1v) is 10.5. The fourth-order valence-electron chi connectivity index (χ4n) is 1.94. The molecule has 2 rings (SSSR count). The summed E-state index contributed by atoms with van der Waals surface area (Å²) in [6, 6.07) is 14.0. The van der Waals surface area contributed by atoms with Gasteiger partial charge in [0.15, 0.2) is 0 Å². The third-order valence-electron chi connectivity index (χ3n) is 3.05. The van der Waals surface area contributed by atoms with Crippen LogP contribution >= 0.6 is 31.9 Å². The Kier molecular flexibility index (Phi) is 6.74. The van der Waals surface area contributed by atoms with Crippen molar-refractivity contribution in [2.24, 2.45) is 5.10 Å². The number of nitrogens with zero attached hydrogens (tertiary/aromatic N) is 2. The van der Waals surface area contributed by atoms with E-state index in [0.29, 0.717) is 5.69 Å². The fraction of sp³-hybridized carbons (Fsp3) is 0.125. The fourth-order valence-corrected chi connectivity index (χ4v) is 3.48. The lowest BCUT2D eigenvalue weighted by atomic mass is 10.2. The summed E-state index contributed by atoms with van der Waals surface area (Å²) in [6.45, 7) is -0.365. The monoisotopic (exact) mass is 487 g/mol. The number of rotatable bonds is 6. The van der Waals surface area contributed by atoms with Crippen LogP contribution in [0.15, 0.2) is 62.6 Å². The molecule has 6 nitrogen and oxygen atoms in total. The van der Waals surface area contributed by atoms with Gasteiger partial charge in [-0.3, -0.25) is 9.10 Å². The highest BCUT2D eigenvalue weighted by Crippen LogP contribution is 2.20. The Morgan fingerprint density at radius 2 is 1.84 bits per heavy atom. The van der Waals surface area contributed by atoms with E-state index in [0.717, 1.165) is 25.1 Å². The van der Waals surface area contributed by atoms with Crippen molar-refractivity contribution in [1.29, 1.82) is 0 Å². The van der Waals surface area contributed by atoms with E-state index in [4.69, 9.17) is 0 Å². The molecule has 25 heavy (non-hydrogen) atoms. The van der Waals surface area contributed by atoms with Gasteiger partial charge in [0, 0.05) is 8.95 Å². The predicted octanol–water partition coefficient (Wildman–Crippen LogP) is 3.13. The first-order chi connectivity index (χ1) is 11.8. The molecule has 0 aliphatic carbocycles. The van der Waals surface area contributed by atoms with Crippen molar-refractivity contribution in [2.45, 2.75) is 0 Å². The van der Waals surface area contributed by atoms with E-state index in [-0.39, 0.29) is 6.54 Å². The Hall–Kier alpha value is -1.71. The summed E-state index contributed by atoms with van der Waals surface area (Å²) < 4.78 is 26.7. The topological polar surface area (TPSA) is 78.8 Å². The lowest BCUT2D eigenvalue weighted by Crippen LogP contribution is -2.38. The van der Waals surface area contributed by atoms with Crippen LogP contribution in [0.1, 0.15) is 5.56 Å². The molecule has 0 saturated carbocycles. The first kappa shape index (κ1) is 19.6. The third-order valence-corrected chi connectivity index (χ3v) is 5.22. The van der Waals surface area contributed by atoms with Crippen LogP contribution in [0.5, 0.6) is 0 Å². The lowest BCUT2D eigenvalue weighted by molar-refractivity contribution is -0.119. The number of hydrogen-bond acceptors (Lipinski definition) is 4. The van der Waals surface area contributed by atoms with Gasteiger partial charge in [-0.15, -0.1) is 0 Å². The molecule has 2 aromatic rings. The van der Waals surface area contributed by atoms with Crippen LogP contribution in [-0.4, -0.2) is 33.3 Å². The van der Waals surface area contributed by atoms with Crippen LogP contribution in [0.25, 0.3) is 0 Å². The van der Waals surface area contributed by atoms with Crippen LogP contribution in [0.3, 0.4) is 0 Å². The van der Waals surface area contributed by atoms with Gasteiger partial charge in [0.25, 0.3) is 5.91 Å². The maximum Gasteiger partial charge on any atom is 0.260 e. The molecule has 0 bridgehead atoms. The number of anilines is 1. The summed E-state index contributed by atoms with van der Waals surface area (Å²) in [4.78, 5) is 12.0. The zero-order valence-electron chi connectivity index (χ0n) is 13.2. The number of amides is 1. The van der Waals surface area contributed by atoms with Crippen LogP contribution in [-0.2, 0) is 14.8 Å². The smallest absolute Gasteiger partial charge is 0.260 e. The highest BCUT2D eigenvalue weighted by Gasteiger charge is 2.20. The van der Waals surface area contributed by atoms with Crippen molar-refractivity contribution in [3.05, 3.63) is 63.0 Å². The second-order valence-corrected chi connectivity index (χ2v) is 8.83. The standard InChI is InChI=1S/C16H15Br2N3O3S/c1-25(23,24)21(15-7-5-13(17)6-8-15)11-16(22)20-19-10-12-3-2-4-14(18)9-12/h2-10H,11H2,1H3,(H,20,22)/b19-10-. The molecule has 0 atom stereocenters. The second kappa shape index (κ2) is 8.59. The van der Waals surface area contributed by atoms with Gasteiger partial charge in [-0.1, -0.05) is 44.0 Å². The number of carbonyl (C=O) groups excluding carboxylic acids is 1. The number of halogens is 2.